The first-order valence-corrected chi connectivity index (χ1v) is 8.30. The van der Waals surface area contributed by atoms with E-state index in [1.54, 1.807) is 0 Å². The average molecular weight is 354 g/mol. The van der Waals surface area contributed by atoms with Gasteiger partial charge < -0.3 is 10.1 Å². The highest BCUT2D eigenvalue weighted by molar-refractivity contribution is 6.21. The van der Waals surface area contributed by atoms with Crippen molar-refractivity contribution in [3.63, 3.8) is 0 Å². The van der Waals surface area contributed by atoms with Crippen LogP contribution >= 0.6 is 23.2 Å². The third-order valence-corrected chi connectivity index (χ3v) is 3.95. The molecule has 0 aliphatic carbocycles. The fourth-order valence-corrected chi connectivity index (χ4v) is 2.57. The van der Waals surface area contributed by atoms with Gasteiger partial charge in [0.1, 0.15) is 6.10 Å². The summed E-state index contributed by atoms with van der Waals surface area (Å²) >= 11 is 11.2. The zero-order valence-electron chi connectivity index (χ0n) is 12.4. The molecule has 0 atom stereocenters. The Morgan fingerprint density at radius 1 is 1.00 bits per heavy atom. The molecule has 0 bridgehead atoms. The number of nitrogens with one attached hydrogen (secondary N) is 1. The fraction of sp³-hybridized carbons (Fsp3) is 0.294. The molecule has 0 radical (unpaired) electrons. The molecule has 122 valence electrons. The molecule has 0 aliphatic heterocycles. The molecule has 0 fully saturated rings. The normalized spacial score (nSPS) is 10.7. The highest BCUT2D eigenvalue weighted by atomic mass is 35.5. The number of fused-ring (bicyclic) bond motifs is 1. The predicted molar refractivity (Wildman–Crippen MR) is 93.1 cm³/mol. The zero-order chi connectivity index (χ0) is 16.7. The van der Waals surface area contributed by atoms with Gasteiger partial charge in [0.15, 0.2) is 0 Å². The standard InChI is InChI=1S/C17H17Cl2NO3/c18-10-13(11-19)23-17(22)9-8-16(21)20-15-7-3-5-12-4-1-2-6-14(12)15/h1-7,13H,8-11H2,(H,20,21). The summed E-state index contributed by atoms with van der Waals surface area (Å²) in [5.74, 6) is -0.453. The number of alkyl halides is 2. The summed E-state index contributed by atoms with van der Waals surface area (Å²) in [6, 6.07) is 13.4. The topological polar surface area (TPSA) is 55.4 Å². The van der Waals surface area contributed by atoms with Crippen molar-refractivity contribution in [1.29, 1.82) is 0 Å². The predicted octanol–water partition coefficient (Wildman–Crippen LogP) is 3.95. The Labute approximate surface area is 144 Å². The second-order valence-electron chi connectivity index (χ2n) is 5.00. The molecule has 2 aromatic carbocycles. The van der Waals surface area contributed by atoms with Crippen molar-refractivity contribution in [1.82, 2.24) is 0 Å². The first kappa shape index (κ1) is 17.6. The van der Waals surface area contributed by atoms with E-state index in [0.29, 0.717) is 0 Å². The fourth-order valence-electron chi connectivity index (χ4n) is 2.11. The summed E-state index contributed by atoms with van der Waals surface area (Å²) in [5, 5.41) is 4.82. The molecular weight excluding hydrogens is 337 g/mol. The summed E-state index contributed by atoms with van der Waals surface area (Å²) in [6.07, 6.45) is -0.493. The highest BCUT2D eigenvalue weighted by Gasteiger charge is 2.14. The van der Waals surface area contributed by atoms with Gasteiger partial charge in [0.05, 0.1) is 18.2 Å². The highest BCUT2D eigenvalue weighted by Crippen LogP contribution is 2.23. The Bertz CT molecular complexity index is 681. The van der Waals surface area contributed by atoms with E-state index in [1.165, 1.54) is 0 Å². The molecule has 2 aromatic rings. The number of rotatable bonds is 7. The second-order valence-corrected chi connectivity index (χ2v) is 5.61. The van der Waals surface area contributed by atoms with Gasteiger partial charge in [-0.05, 0) is 11.5 Å². The van der Waals surface area contributed by atoms with Gasteiger partial charge in [0.2, 0.25) is 5.91 Å². The number of halogens is 2. The third-order valence-electron chi connectivity index (χ3n) is 3.26. The molecule has 1 N–H and O–H groups in total. The lowest BCUT2D eigenvalue weighted by Crippen LogP contribution is -2.22. The molecule has 1 amide bonds. The Morgan fingerprint density at radius 3 is 2.43 bits per heavy atom. The number of carbonyl (C=O) groups excluding carboxylic acids is 2. The molecule has 23 heavy (non-hydrogen) atoms. The van der Waals surface area contributed by atoms with Crippen LogP contribution in [0.2, 0.25) is 0 Å². The molecular formula is C17H17Cl2NO3. The lowest BCUT2D eigenvalue weighted by Gasteiger charge is -2.12. The van der Waals surface area contributed by atoms with E-state index in [4.69, 9.17) is 27.9 Å². The minimum Gasteiger partial charge on any atom is -0.460 e. The lowest BCUT2D eigenvalue weighted by molar-refractivity contribution is -0.148. The Hall–Kier alpha value is -1.78. The second kappa shape index (κ2) is 8.75. The van der Waals surface area contributed by atoms with Crippen molar-refractivity contribution in [3.8, 4) is 0 Å². The molecule has 0 heterocycles. The van der Waals surface area contributed by atoms with Crippen LogP contribution in [0.15, 0.2) is 42.5 Å². The zero-order valence-corrected chi connectivity index (χ0v) is 13.9. The molecule has 0 aliphatic rings. The summed E-state index contributed by atoms with van der Waals surface area (Å²) in [7, 11) is 0. The Kier molecular flexibility index (Phi) is 6.68. The van der Waals surface area contributed by atoms with Gasteiger partial charge in [-0.3, -0.25) is 9.59 Å². The van der Waals surface area contributed by atoms with Gasteiger partial charge in [-0.15, -0.1) is 23.2 Å². The molecule has 4 nitrogen and oxygen atoms in total. The summed E-state index contributed by atoms with van der Waals surface area (Å²) in [6.45, 7) is 0. The van der Waals surface area contributed by atoms with Gasteiger partial charge in [0.25, 0.3) is 0 Å². The van der Waals surface area contributed by atoms with Crippen molar-refractivity contribution in [2.45, 2.75) is 18.9 Å². The maximum atomic E-state index is 12.0. The smallest absolute Gasteiger partial charge is 0.306 e. The number of benzene rings is 2. The number of hydrogen-bond acceptors (Lipinski definition) is 3. The Balaban J connectivity index is 1.90. The number of anilines is 1. The van der Waals surface area contributed by atoms with Crippen LogP contribution in [0.5, 0.6) is 0 Å². The summed E-state index contributed by atoms with van der Waals surface area (Å²) in [4.78, 5) is 23.6. The first-order valence-electron chi connectivity index (χ1n) is 7.23. The van der Waals surface area contributed by atoms with Gasteiger partial charge in [-0.2, -0.15) is 0 Å². The van der Waals surface area contributed by atoms with Crippen LogP contribution in [-0.4, -0.2) is 29.7 Å². The SMILES string of the molecule is O=C(CCC(=O)OC(CCl)CCl)Nc1cccc2ccccc12. The van der Waals surface area contributed by atoms with Crippen molar-refractivity contribution in [2.75, 3.05) is 17.1 Å². The average Bonchev–Trinajstić information content (AvgIpc) is 2.58. The number of ether oxygens (including phenoxy) is 1. The van der Waals surface area contributed by atoms with Gasteiger partial charge in [-0.1, -0.05) is 36.4 Å². The number of esters is 1. The summed E-state index contributed by atoms with van der Waals surface area (Å²) in [5.41, 5.74) is 0.723. The number of hydrogen-bond donors (Lipinski definition) is 1. The van der Waals surface area contributed by atoms with E-state index >= 15 is 0 Å². The monoisotopic (exact) mass is 353 g/mol. The van der Waals surface area contributed by atoms with Gasteiger partial charge in [0, 0.05) is 17.5 Å². The van der Waals surface area contributed by atoms with Crippen molar-refractivity contribution >= 4 is 51.5 Å². The van der Waals surface area contributed by atoms with Crippen LogP contribution in [0, 0.1) is 0 Å². The molecule has 0 unspecified atom stereocenters. The number of carbonyl (C=O) groups is 2. The van der Waals surface area contributed by atoms with Crippen LogP contribution in [0.4, 0.5) is 5.69 Å². The minimum atomic E-state index is -0.521. The van der Waals surface area contributed by atoms with Gasteiger partial charge >= 0.3 is 5.97 Å². The van der Waals surface area contributed by atoms with Crippen LogP contribution in [0.1, 0.15) is 12.8 Å². The maximum absolute atomic E-state index is 12.0. The maximum Gasteiger partial charge on any atom is 0.306 e. The molecule has 0 saturated carbocycles. The largest absolute Gasteiger partial charge is 0.460 e. The number of amides is 1. The molecule has 0 aromatic heterocycles. The van der Waals surface area contributed by atoms with Crippen LogP contribution in [0.3, 0.4) is 0 Å². The van der Waals surface area contributed by atoms with Crippen molar-refractivity contribution in [2.24, 2.45) is 0 Å². The van der Waals surface area contributed by atoms with E-state index in [1.807, 2.05) is 42.5 Å². The lowest BCUT2D eigenvalue weighted by atomic mass is 10.1. The van der Waals surface area contributed by atoms with Crippen molar-refractivity contribution in [3.05, 3.63) is 42.5 Å². The van der Waals surface area contributed by atoms with Crippen molar-refractivity contribution < 1.29 is 14.3 Å². The van der Waals surface area contributed by atoms with Crippen LogP contribution in [-0.2, 0) is 14.3 Å². The van der Waals surface area contributed by atoms with E-state index in [9.17, 15) is 9.59 Å². The molecule has 2 rings (SSSR count). The summed E-state index contributed by atoms with van der Waals surface area (Å²) < 4.78 is 5.04. The van der Waals surface area contributed by atoms with Crippen LogP contribution < -0.4 is 5.32 Å². The van der Waals surface area contributed by atoms with E-state index in [0.717, 1.165) is 16.5 Å². The van der Waals surface area contributed by atoms with E-state index < -0.39 is 12.1 Å². The Morgan fingerprint density at radius 2 is 1.70 bits per heavy atom. The van der Waals surface area contributed by atoms with Crippen LogP contribution in [0.25, 0.3) is 10.8 Å². The van der Waals surface area contributed by atoms with E-state index in [2.05, 4.69) is 5.32 Å². The quantitative estimate of drug-likeness (QED) is 0.605. The molecule has 0 spiro atoms. The third kappa shape index (κ3) is 5.12. The van der Waals surface area contributed by atoms with Gasteiger partial charge in [-0.25, -0.2) is 0 Å². The molecule has 0 saturated heterocycles. The van der Waals surface area contributed by atoms with E-state index in [-0.39, 0.29) is 30.5 Å². The molecule has 6 heteroatoms. The first-order chi connectivity index (χ1) is 11.1. The minimum absolute atomic E-state index is 0.0130.